The van der Waals surface area contributed by atoms with Gasteiger partial charge in [0.15, 0.2) is 11.5 Å². The third kappa shape index (κ3) is 2.13. The summed E-state index contributed by atoms with van der Waals surface area (Å²) in [7, 11) is 0. The van der Waals surface area contributed by atoms with Crippen molar-refractivity contribution in [2.75, 3.05) is 18.9 Å². The van der Waals surface area contributed by atoms with Gasteiger partial charge >= 0.3 is 6.18 Å². The minimum atomic E-state index is -4.44. The van der Waals surface area contributed by atoms with E-state index in [9.17, 15) is 13.2 Å². The second-order valence-corrected chi connectivity index (χ2v) is 4.23. The highest BCUT2D eigenvalue weighted by Gasteiger charge is 2.32. The molecule has 1 aromatic heterocycles. The highest BCUT2D eigenvalue weighted by Crippen LogP contribution is 2.36. The quantitative estimate of drug-likeness (QED) is 0.816. The van der Waals surface area contributed by atoms with Crippen LogP contribution in [0.2, 0.25) is 0 Å². The second-order valence-electron chi connectivity index (χ2n) is 4.23. The lowest BCUT2D eigenvalue weighted by atomic mass is 10.2. The van der Waals surface area contributed by atoms with E-state index in [1.54, 1.807) is 0 Å². The predicted octanol–water partition coefficient (Wildman–Crippen LogP) is 2.24. The van der Waals surface area contributed by atoms with E-state index in [4.69, 9.17) is 15.2 Å². The number of alkyl halides is 3. The van der Waals surface area contributed by atoms with Gasteiger partial charge in [-0.3, -0.25) is 0 Å². The molecule has 0 fully saturated rings. The van der Waals surface area contributed by atoms with Gasteiger partial charge in [-0.1, -0.05) is 0 Å². The van der Waals surface area contributed by atoms with Gasteiger partial charge in [0.25, 0.3) is 0 Å². The number of nitrogens with two attached hydrogens (primary N) is 1. The highest BCUT2D eigenvalue weighted by molar-refractivity contribution is 5.65. The van der Waals surface area contributed by atoms with Gasteiger partial charge in [0, 0.05) is 18.3 Å². The van der Waals surface area contributed by atoms with Crippen molar-refractivity contribution in [3.8, 4) is 17.2 Å². The van der Waals surface area contributed by atoms with E-state index in [0.717, 1.165) is 17.1 Å². The number of ether oxygens (including phenoxy) is 2. The highest BCUT2D eigenvalue weighted by atomic mass is 19.4. The first-order chi connectivity index (χ1) is 9.45. The molecule has 0 spiro atoms. The van der Waals surface area contributed by atoms with E-state index in [0.29, 0.717) is 30.4 Å². The minimum absolute atomic E-state index is 0.256. The third-order valence-corrected chi connectivity index (χ3v) is 2.85. The van der Waals surface area contributed by atoms with Crippen LogP contribution in [0.5, 0.6) is 11.5 Å². The van der Waals surface area contributed by atoms with Crippen molar-refractivity contribution in [2.24, 2.45) is 0 Å². The summed E-state index contributed by atoms with van der Waals surface area (Å²) in [5.74, 6) is 0.908. The summed E-state index contributed by atoms with van der Waals surface area (Å²) in [4.78, 5) is 0. The molecule has 0 unspecified atom stereocenters. The molecule has 2 aromatic rings. The monoisotopic (exact) mass is 285 g/mol. The van der Waals surface area contributed by atoms with E-state index in [1.165, 1.54) is 12.1 Å². The van der Waals surface area contributed by atoms with Crippen molar-refractivity contribution in [3.05, 3.63) is 30.1 Å². The molecule has 0 aliphatic carbocycles. The molecule has 106 valence electrons. The smallest absolute Gasteiger partial charge is 0.419 e. The van der Waals surface area contributed by atoms with E-state index in [1.807, 2.05) is 0 Å². The Morgan fingerprint density at radius 3 is 2.40 bits per heavy atom. The van der Waals surface area contributed by atoms with Gasteiger partial charge in [-0.2, -0.15) is 18.3 Å². The summed E-state index contributed by atoms with van der Waals surface area (Å²) >= 11 is 0. The maximum absolute atomic E-state index is 12.6. The Morgan fingerprint density at radius 2 is 1.80 bits per heavy atom. The summed E-state index contributed by atoms with van der Waals surface area (Å²) in [5, 5.41) is 3.68. The average molecular weight is 285 g/mol. The maximum atomic E-state index is 12.6. The number of fused-ring (bicyclic) bond motifs is 1. The summed E-state index contributed by atoms with van der Waals surface area (Å²) in [5.41, 5.74) is 5.54. The second kappa shape index (κ2) is 4.32. The van der Waals surface area contributed by atoms with Gasteiger partial charge in [-0.15, -0.1) is 0 Å². The third-order valence-electron chi connectivity index (χ3n) is 2.85. The van der Waals surface area contributed by atoms with Gasteiger partial charge in [0.2, 0.25) is 0 Å². The Labute approximate surface area is 111 Å². The first-order valence-electron chi connectivity index (χ1n) is 5.76. The van der Waals surface area contributed by atoms with Crippen molar-refractivity contribution in [2.45, 2.75) is 6.18 Å². The largest absolute Gasteiger partial charge is 0.486 e. The number of anilines is 1. The number of hydrogen-bond donors (Lipinski definition) is 1. The standard InChI is InChI=1S/C12H10F3N3O2/c13-12(14,15)7-5-17-18(6-7)9-4-11-10(3-8(9)16)19-1-2-20-11/h3-6H,1-2,16H2. The maximum Gasteiger partial charge on any atom is 0.419 e. The number of hydrogen-bond acceptors (Lipinski definition) is 4. The molecule has 0 radical (unpaired) electrons. The number of nitrogen functional groups attached to an aromatic ring is 1. The average Bonchev–Trinajstić information content (AvgIpc) is 2.87. The Hall–Kier alpha value is -2.38. The fourth-order valence-electron chi connectivity index (χ4n) is 1.89. The van der Waals surface area contributed by atoms with Crippen molar-refractivity contribution in [1.29, 1.82) is 0 Å². The van der Waals surface area contributed by atoms with Gasteiger partial charge in [0.1, 0.15) is 13.2 Å². The molecule has 3 rings (SSSR count). The molecule has 2 heterocycles. The van der Waals surface area contributed by atoms with Crippen LogP contribution in [0.25, 0.3) is 5.69 Å². The van der Waals surface area contributed by atoms with Gasteiger partial charge in [-0.25, -0.2) is 4.68 Å². The zero-order chi connectivity index (χ0) is 14.3. The molecule has 8 heteroatoms. The molecular formula is C12H10F3N3O2. The molecule has 1 aromatic carbocycles. The molecule has 0 atom stereocenters. The van der Waals surface area contributed by atoms with Crippen LogP contribution in [0.1, 0.15) is 5.56 Å². The Bertz CT molecular complexity index is 652. The van der Waals surface area contributed by atoms with Crippen LogP contribution in [-0.4, -0.2) is 23.0 Å². The number of benzene rings is 1. The lowest BCUT2D eigenvalue weighted by Gasteiger charge is -2.20. The first-order valence-corrected chi connectivity index (χ1v) is 5.76. The van der Waals surface area contributed by atoms with Crippen LogP contribution in [0, 0.1) is 0 Å². The van der Waals surface area contributed by atoms with Crippen molar-refractivity contribution in [1.82, 2.24) is 9.78 Å². The predicted molar refractivity (Wildman–Crippen MR) is 64.0 cm³/mol. The fraction of sp³-hybridized carbons (Fsp3) is 0.250. The van der Waals surface area contributed by atoms with E-state index in [-0.39, 0.29) is 5.69 Å². The summed E-state index contributed by atoms with van der Waals surface area (Å²) in [6, 6.07) is 3.02. The fourth-order valence-corrected chi connectivity index (χ4v) is 1.89. The number of halogens is 3. The zero-order valence-corrected chi connectivity index (χ0v) is 10.1. The van der Waals surface area contributed by atoms with Crippen molar-refractivity contribution < 1.29 is 22.6 Å². The summed E-state index contributed by atoms with van der Waals surface area (Å²) < 4.78 is 49.5. The minimum Gasteiger partial charge on any atom is -0.486 e. The summed E-state index contributed by atoms with van der Waals surface area (Å²) in [6.45, 7) is 0.787. The first kappa shape index (κ1) is 12.6. The lowest BCUT2D eigenvalue weighted by molar-refractivity contribution is -0.137. The Kier molecular flexibility index (Phi) is 2.73. The molecule has 20 heavy (non-hydrogen) atoms. The molecule has 0 amide bonds. The zero-order valence-electron chi connectivity index (χ0n) is 10.1. The number of aromatic nitrogens is 2. The van der Waals surface area contributed by atoms with Crippen LogP contribution < -0.4 is 15.2 Å². The molecule has 0 saturated heterocycles. The molecule has 1 aliphatic rings. The topological polar surface area (TPSA) is 62.3 Å². The van der Waals surface area contributed by atoms with E-state index < -0.39 is 11.7 Å². The van der Waals surface area contributed by atoms with Crippen molar-refractivity contribution >= 4 is 5.69 Å². The van der Waals surface area contributed by atoms with Gasteiger partial charge in [0.05, 0.1) is 23.1 Å². The van der Waals surface area contributed by atoms with Gasteiger partial charge in [-0.05, 0) is 0 Å². The Balaban J connectivity index is 2.04. The molecule has 2 N–H and O–H groups in total. The van der Waals surface area contributed by atoms with Crippen LogP contribution in [0.15, 0.2) is 24.5 Å². The van der Waals surface area contributed by atoms with Crippen LogP contribution in [0.4, 0.5) is 18.9 Å². The number of nitrogens with zero attached hydrogens (tertiary/aromatic N) is 2. The van der Waals surface area contributed by atoms with Crippen molar-refractivity contribution in [3.63, 3.8) is 0 Å². The summed E-state index contributed by atoms with van der Waals surface area (Å²) in [6.07, 6.45) is -2.82. The number of rotatable bonds is 1. The molecule has 5 nitrogen and oxygen atoms in total. The SMILES string of the molecule is Nc1cc2c(cc1-n1cc(C(F)(F)F)cn1)OCCO2. The lowest BCUT2D eigenvalue weighted by Crippen LogP contribution is -2.16. The Morgan fingerprint density at radius 1 is 1.15 bits per heavy atom. The van der Waals surface area contributed by atoms with E-state index >= 15 is 0 Å². The normalized spacial score (nSPS) is 14.3. The van der Waals surface area contributed by atoms with Crippen LogP contribution in [0.3, 0.4) is 0 Å². The molecule has 0 bridgehead atoms. The van der Waals surface area contributed by atoms with Gasteiger partial charge < -0.3 is 15.2 Å². The van der Waals surface area contributed by atoms with E-state index in [2.05, 4.69) is 5.10 Å². The van der Waals surface area contributed by atoms with Crippen LogP contribution >= 0.6 is 0 Å². The molecular weight excluding hydrogens is 275 g/mol. The van der Waals surface area contributed by atoms with Crippen LogP contribution in [-0.2, 0) is 6.18 Å². The molecule has 1 aliphatic heterocycles. The molecule has 0 saturated carbocycles.